The molecule has 2 aromatic carbocycles. The number of amidine groups is 1. The number of benzene rings is 2. The maximum atomic E-state index is 11.4. The Balaban J connectivity index is 1.72. The Morgan fingerprint density at radius 1 is 1.43 bits per heavy atom. The minimum Gasteiger partial charge on any atom is -0.595 e. The number of rotatable bonds is 8. The van der Waals surface area contributed by atoms with Gasteiger partial charge in [-0.25, -0.2) is 5.21 Å². The molecule has 1 aliphatic rings. The highest BCUT2D eigenvalue weighted by Crippen LogP contribution is 2.28. The van der Waals surface area contributed by atoms with Gasteiger partial charge in [0, 0.05) is 28.4 Å². The van der Waals surface area contributed by atoms with Gasteiger partial charge in [0.15, 0.2) is 17.1 Å². The third-order valence-electron chi connectivity index (χ3n) is 4.15. The van der Waals surface area contributed by atoms with Crippen LogP contribution in [0.1, 0.15) is 11.1 Å². The van der Waals surface area contributed by atoms with Crippen molar-refractivity contribution in [1.29, 1.82) is 0 Å². The topological polar surface area (TPSA) is 84.6 Å². The van der Waals surface area contributed by atoms with E-state index in [0.717, 1.165) is 21.4 Å². The average molecular weight is 465 g/mol. The fraction of sp³-hybridized carbons (Fsp3) is 0.211. The van der Waals surface area contributed by atoms with E-state index in [-0.39, 0.29) is 11.2 Å². The molecule has 0 spiro atoms. The van der Waals surface area contributed by atoms with E-state index in [1.165, 1.54) is 7.11 Å². The van der Waals surface area contributed by atoms with Crippen LogP contribution in [0, 0.1) is 5.21 Å². The molecule has 0 bridgehead atoms. The Morgan fingerprint density at radius 3 is 2.93 bits per heavy atom. The number of quaternary nitrogens is 1. The lowest BCUT2D eigenvalue weighted by Crippen LogP contribution is -2.99. The van der Waals surface area contributed by atoms with E-state index in [1.807, 2.05) is 36.4 Å². The summed E-state index contributed by atoms with van der Waals surface area (Å²) in [4.78, 5) is 2.13. The maximum absolute atomic E-state index is 11.4. The van der Waals surface area contributed by atoms with Crippen molar-refractivity contribution in [3.05, 3.63) is 75.9 Å². The van der Waals surface area contributed by atoms with Gasteiger partial charge in [-0.1, -0.05) is 40.2 Å². The second-order valence-electron chi connectivity index (χ2n) is 6.02. The van der Waals surface area contributed by atoms with Gasteiger partial charge in [0.1, 0.15) is 0 Å². The lowest BCUT2D eigenvalue weighted by atomic mass is 10.2. The van der Waals surface area contributed by atoms with Crippen molar-refractivity contribution >= 4 is 39.2 Å². The summed E-state index contributed by atoms with van der Waals surface area (Å²) in [6, 6.07) is 13.2. The normalized spacial score (nSPS) is 17.1. The second kappa shape index (κ2) is 9.44. The summed E-state index contributed by atoms with van der Waals surface area (Å²) < 4.78 is 6.11. The predicted molar refractivity (Wildman–Crippen MR) is 115 cm³/mol. The second-order valence-corrected chi connectivity index (χ2v) is 8.00. The molecule has 2 aromatic rings. The van der Waals surface area contributed by atoms with Crippen LogP contribution in [0.3, 0.4) is 0 Å². The van der Waals surface area contributed by atoms with Crippen LogP contribution in [0.2, 0.25) is 0 Å². The molecule has 1 heterocycles. The van der Waals surface area contributed by atoms with Gasteiger partial charge in [-0.3, -0.25) is 5.43 Å². The highest BCUT2D eigenvalue weighted by Gasteiger charge is 2.28. The van der Waals surface area contributed by atoms with E-state index in [4.69, 9.17) is 4.74 Å². The van der Waals surface area contributed by atoms with E-state index in [9.17, 15) is 10.4 Å². The standard InChI is InChI=1S/C19H21BrN4O3S/c1-3-9-23-18(14-5-4-6-15(20)11-14)21-22-19(23)28-12-13-7-8-17(27-2)16(10-13)24(25)26/h3-8,10-11,19,22,24-25H,1,9,12H2,2H3. The Bertz CT molecular complexity index is 878. The van der Waals surface area contributed by atoms with Crippen molar-refractivity contribution in [2.24, 2.45) is 5.10 Å². The minimum atomic E-state index is -1.00. The number of ether oxygens (including phenoxy) is 1. The molecule has 0 saturated carbocycles. The summed E-state index contributed by atoms with van der Waals surface area (Å²) in [5.74, 6) is 1.82. The molecule has 28 heavy (non-hydrogen) atoms. The van der Waals surface area contributed by atoms with Crippen molar-refractivity contribution in [3.8, 4) is 5.75 Å². The lowest BCUT2D eigenvalue weighted by molar-refractivity contribution is -0.991. The van der Waals surface area contributed by atoms with Crippen LogP contribution in [0.25, 0.3) is 0 Å². The van der Waals surface area contributed by atoms with E-state index in [2.05, 4.69) is 37.9 Å². The van der Waals surface area contributed by atoms with Gasteiger partial charge in [-0.2, -0.15) is 10.3 Å². The summed E-state index contributed by atoms with van der Waals surface area (Å²) in [6.07, 6.45) is 1.84. The molecule has 3 N–H and O–H groups in total. The Morgan fingerprint density at radius 2 is 2.25 bits per heavy atom. The molecular weight excluding hydrogens is 444 g/mol. The van der Waals surface area contributed by atoms with Crippen LogP contribution in [0.5, 0.6) is 5.75 Å². The highest BCUT2D eigenvalue weighted by atomic mass is 79.9. The zero-order valence-corrected chi connectivity index (χ0v) is 17.7. The first kappa shape index (κ1) is 20.7. The summed E-state index contributed by atoms with van der Waals surface area (Å²) in [5.41, 5.74) is 5.15. The van der Waals surface area contributed by atoms with Gasteiger partial charge in [-0.05, 0) is 23.8 Å². The number of nitrogens with one attached hydrogen (secondary N) is 2. The first-order valence-corrected chi connectivity index (χ1v) is 10.4. The Hall–Kier alpha value is -2.04. The number of nitrogens with zero attached hydrogens (tertiary/aromatic N) is 2. The number of hydrogen-bond acceptors (Lipinski definition) is 7. The third kappa shape index (κ3) is 4.68. The molecule has 9 heteroatoms. The first-order chi connectivity index (χ1) is 13.5. The van der Waals surface area contributed by atoms with Crippen molar-refractivity contribution in [3.63, 3.8) is 0 Å². The molecule has 0 aliphatic carbocycles. The van der Waals surface area contributed by atoms with Gasteiger partial charge in [0.2, 0.25) is 5.69 Å². The SMILES string of the molecule is C=CCN1C(c2cccc(Br)c2)=NNC1SCc1ccc(OC)c([NH+]([O-])O)c1. The quantitative estimate of drug-likeness (QED) is 0.411. The molecule has 2 atom stereocenters. The molecule has 1 aliphatic heterocycles. The average Bonchev–Trinajstić information content (AvgIpc) is 3.09. The fourth-order valence-corrected chi connectivity index (χ4v) is 4.28. The first-order valence-electron chi connectivity index (χ1n) is 8.52. The highest BCUT2D eigenvalue weighted by molar-refractivity contribution is 9.10. The Labute approximate surface area is 176 Å². The van der Waals surface area contributed by atoms with E-state index in [0.29, 0.717) is 18.0 Å². The molecule has 2 unspecified atom stereocenters. The smallest absolute Gasteiger partial charge is 0.206 e. The van der Waals surface area contributed by atoms with Gasteiger partial charge in [0.05, 0.1) is 7.11 Å². The van der Waals surface area contributed by atoms with Gasteiger partial charge in [0.25, 0.3) is 0 Å². The molecular formula is C19H21BrN4O3S. The zero-order chi connectivity index (χ0) is 20.1. The lowest BCUT2D eigenvalue weighted by Gasteiger charge is -2.25. The van der Waals surface area contributed by atoms with Gasteiger partial charge >= 0.3 is 0 Å². The fourth-order valence-electron chi connectivity index (χ4n) is 2.86. The number of hydrazone groups is 1. The molecule has 148 valence electrons. The molecule has 0 amide bonds. The predicted octanol–water partition coefficient (Wildman–Crippen LogP) is 2.83. The molecule has 7 nitrogen and oxygen atoms in total. The summed E-state index contributed by atoms with van der Waals surface area (Å²) in [5, 5.41) is 24.3. The monoisotopic (exact) mass is 464 g/mol. The van der Waals surface area contributed by atoms with Crippen molar-refractivity contribution in [1.82, 2.24) is 10.3 Å². The number of hydrogen-bond donors (Lipinski definition) is 3. The summed E-state index contributed by atoms with van der Waals surface area (Å²) in [6.45, 7) is 4.49. The van der Waals surface area contributed by atoms with Crippen LogP contribution in [0.4, 0.5) is 5.69 Å². The van der Waals surface area contributed by atoms with E-state index in [1.54, 1.807) is 23.9 Å². The van der Waals surface area contributed by atoms with Crippen LogP contribution in [-0.4, -0.2) is 35.1 Å². The number of thioether (sulfide) groups is 1. The largest absolute Gasteiger partial charge is 0.595 e. The van der Waals surface area contributed by atoms with Gasteiger partial charge in [-0.15, -0.1) is 18.3 Å². The van der Waals surface area contributed by atoms with Crippen LogP contribution < -0.4 is 15.4 Å². The molecule has 3 rings (SSSR count). The number of halogens is 1. The van der Waals surface area contributed by atoms with Gasteiger partial charge < -0.3 is 14.8 Å². The van der Waals surface area contributed by atoms with Crippen LogP contribution in [-0.2, 0) is 5.75 Å². The van der Waals surface area contributed by atoms with Crippen molar-refractivity contribution in [2.75, 3.05) is 13.7 Å². The maximum Gasteiger partial charge on any atom is 0.206 e. The Kier molecular flexibility index (Phi) is 6.97. The molecule has 0 saturated heterocycles. The van der Waals surface area contributed by atoms with Crippen molar-refractivity contribution in [2.45, 2.75) is 11.3 Å². The summed E-state index contributed by atoms with van der Waals surface area (Å²) >= 11 is 5.13. The number of methoxy groups -OCH3 is 1. The molecule has 0 radical (unpaired) electrons. The summed E-state index contributed by atoms with van der Waals surface area (Å²) in [7, 11) is 1.46. The van der Waals surface area contributed by atoms with Crippen LogP contribution >= 0.6 is 27.7 Å². The van der Waals surface area contributed by atoms with E-state index >= 15 is 0 Å². The van der Waals surface area contributed by atoms with E-state index < -0.39 is 5.23 Å². The third-order valence-corrected chi connectivity index (χ3v) is 5.82. The van der Waals surface area contributed by atoms with Crippen molar-refractivity contribution < 1.29 is 15.2 Å². The molecule has 0 fully saturated rings. The molecule has 0 aromatic heterocycles. The minimum absolute atomic E-state index is 0.0811. The zero-order valence-electron chi connectivity index (χ0n) is 15.3. The van der Waals surface area contributed by atoms with Crippen LogP contribution in [0.15, 0.2) is 64.7 Å².